The Morgan fingerprint density at radius 2 is 1.86 bits per heavy atom. The number of fused-ring (bicyclic) bond motifs is 2. The standard InChI is InChI=1S/C22H23ClN5O6P/c23-22-26-19(24-10-13-6-3-5-12-4-1-2-7-14(12)13)16-20(27-22)28(11-25-16)21-18(30)17(29)15(34-21)8-9-35(31,32)33/h1-7,11,15,17-18,21,29-30H,8-10H2,(H,24,26,27)(H2,31,32,33)/t15-,17?,18?,21-/m1/s1. The van der Waals surface area contributed by atoms with Crippen molar-refractivity contribution in [1.29, 1.82) is 0 Å². The SMILES string of the molecule is O=P(O)(O)CC[C@H]1O[C@@H](n2cnc3c(NCc4cccc5ccccc45)nc(Cl)nc32)C(O)C1O. The predicted molar refractivity (Wildman–Crippen MR) is 129 cm³/mol. The van der Waals surface area contributed by atoms with E-state index in [1.54, 1.807) is 0 Å². The minimum absolute atomic E-state index is 0.0502. The summed E-state index contributed by atoms with van der Waals surface area (Å²) in [7, 11) is -4.28. The van der Waals surface area contributed by atoms with Crippen LogP contribution in [0.3, 0.4) is 0 Å². The summed E-state index contributed by atoms with van der Waals surface area (Å²) in [6.45, 7) is 0.447. The summed E-state index contributed by atoms with van der Waals surface area (Å²) >= 11 is 6.19. The number of aliphatic hydroxyl groups excluding tert-OH is 2. The Hall–Kier alpha value is -2.63. The highest BCUT2D eigenvalue weighted by Crippen LogP contribution is 2.39. The first-order chi connectivity index (χ1) is 16.7. The summed E-state index contributed by atoms with van der Waals surface area (Å²) in [5, 5.41) is 26.4. The van der Waals surface area contributed by atoms with Gasteiger partial charge in [-0.05, 0) is 34.4 Å². The molecular formula is C22H23ClN5O6P. The molecule has 0 amide bonds. The first kappa shape index (κ1) is 24.1. The first-order valence-electron chi connectivity index (χ1n) is 10.9. The van der Waals surface area contributed by atoms with E-state index in [0.29, 0.717) is 17.9 Å². The largest absolute Gasteiger partial charge is 0.388 e. The van der Waals surface area contributed by atoms with Crippen LogP contribution in [-0.4, -0.2) is 64.0 Å². The van der Waals surface area contributed by atoms with Gasteiger partial charge in [0, 0.05) is 6.54 Å². The van der Waals surface area contributed by atoms with Crippen molar-refractivity contribution in [2.75, 3.05) is 11.5 Å². The minimum Gasteiger partial charge on any atom is -0.388 e. The summed E-state index contributed by atoms with van der Waals surface area (Å²) in [5.41, 5.74) is 1.71. The summed E-state index contributed by atoms with van der Waals surface area (Å²) in [6, 6.07) is 14.1. The van der Waals surface area contributed by atoms with Gasteiger partial charge in [-0.3, -0.25) is 9.13 Å². The van der Waals surface area contributed by atoms with Crippen LogP contribution in [0.25, 0.3) is 21.9 Å². The van der Waals surface area contributed by atoms with Crippen molar-refractivity contribution in [2.45, 2.75) is 37.5 Å². The summed E-state index contributed by atoms with van der Waals surface area (Å²) in [4.78, 5) is 31.1. The second-order valence-corrected chi connectivity index (χ2v) is 10.5. The summed E-state index contributed by atoms with van der Waals surface area (Å²) < 4.78 is 18.4. The fourth-order valence-electron chi connectivity index (χ4n) is 4.32. The van der Waals surface area contributed by atoms with E-state index in [9.17, 15) is 14.8 Å². The fraction of sp³-hybridized carbons (Fsp3) is 0.318. The van der Waals surface area contributed by atoms with E-state index in [0.717, 1.165) is 16.3 Å². The molecule has 0 aliphatic carbocycles. The molecule has 1 aliphatic rings. The fourth-order valence-corrected chi connectivity index (χ4v) is 5.07. The molecule has 35 heavy (non-hydrogen) atoms. The summed E-state index contributed by atoms with van der Waals surface area (Å²) in [5.74, 6) is 0.387. The molecule has 0 saturated carbocycles. The Morgan fingerprint density at radius 3 is 2.66 bits per heavy atom. The monoisotopic (exact) mass is 519 g/mol. The zero-order valence-corrected chi connectivity index (χ0v) is 19.9. The van der Waals surface area contributed by atoms with Crippen LogP contribution in [0.15, 0.2) is 48.8 Å². The number of nitrogens with one attached hydrogen (secondary N) is 1. The van der Waals surface area contributed by atoms with Crippen molar-refractivity contribution in [3.8, 4) is 0 Å². The van der Waals surface area contributed by atoms with Crippen LogP contribution in [0.2, 0.25) is 5.28 Å². The van der Waals surface area contributed by atoms with Crippen LogP contribution in [0.4, 0.5) is 5.82 Å². The molecule has 1 fully saturated rings. The van der Waals surface area contributed by atoms with Gasteiger partial charge < -0.3 is 30.1 Å². The van der Waals surface area contributed by atoms with Crippen molar-refractivity contribution in [3.63, 3.8) is 0 Å². The number of hydrogen-bond donors (Lipinski definition) is 5. The van der Waals surface area contributed by atoms with Crippen molar-refractivity contribution >= 4 is 47.0 Å². The molecule has 11 nitrogen and oxygen atoms in total. The molecule has 2 unspecified atom stereocenters. The number of aliphatic hydroxyl groups is 2. The van der Waals surface area contributed by atoms with Gasteiger partial charge in [-0.2, -0.15) is 9.97 Å². The van der Waals surface area contributed by atoms with Gasteiger partial charge in [-0.1, -0.05) is 42.5 Å². The van der Waals surface area contributed by atoms with E-state index in [1.165, 1.54) is 10.9 Å². The van der Waals surface area contributed by atoms with E-state index in [1.807, 2.05) is 42.5 Å². The molecule has 4 aromatic rings. The van der Waals surface area contributed by atoms with Gasteiger partial charge in [0.1, 0.15) is 12.2 Å². The number of aromatic nitrogens is 4. The lowest BCUT2D eigenvalue weighted by molar-refractivity contribution is -0.0355. The van der Waals surface area contributed by atoms with Gasteiger partial charge in [0.05, 0.1) is 18.6 Å². The molecule has 1 aliphatic heterocycles. The molecule has 0 radical (unpaired) electrons. The van der Waals surface area contributed by atoms with Gasteiger partial charge in [-0.25, -0.2) is 4.98 Å². The van der Waals surface area contributed by atoms with Crippen LogP contribution in [0.5, 0.6) is 0 Å². The number of hydrogen-bond acceptors (Lipinski definition) is 8. The quantitative estimate of drug-likeness (QED) is 0.181. The van der Waals surface area contributed by atoms with Gasteiger partial charge in [-0.15, -0.1) is 0 Å². The maximum Gasteiger partial charge on any atom is 0.325 e. The molecular weight excluding hydrogens is 497 g/mol. The van der Waals surface area contributed by atoms with Crippen molar-refractivity contribution in [3.05, 3.63) is 59.6 Å². The zero-order chi connectivity index (χ0) is 24.7. The molecule has 2 aromatic carbocycles. The molecule has 0 spiro atoms. The van der Waals surface area contributed by atoms with Gasteiger partial charge in [0.2, 0.25) is 5.28 Å². The topological polar surface area (TPSA) is 163 Å². The second-order valence-electron chi connectivity index (χ2n) is 8.38. The normalized spacial score (nSPS) is 22.8. The maximum atomic E-state index is 11.2. The van der Waals surface area contributed by atoms with Crippen LogP contribution in [0, 0.1) is 0 Å². The van der Waals surface area contributed by atoms with Crippen LogP contribution >= 0.6 is 19.2 Å². The van der Waals surface area contributed by atoms with Gasteiger partial charge >= 0.3 is 7.60 Å². The van der Waals surface area contributed by atoms with Crippen molar-refractivity contribution in [2.24, 2.45) is 0 Å². The molecule has 3 heterocycles. The van der Waals surface area contributed by atoms with Crippen LogP contribution in [0.1, 0.15) is 18.2 Å². The van der Waals surface area contributed by atoms with Crippen LogP contribution in [-0.2, 0) is 15.8 Å². The third-order valence-corrected chi connectivity index (χ3v) is 7.05. The third kappa shape index (κ3) is 4.89. The van der Waals surface area contributed by atoms with E-state index < -0.39 is 38.3 Å². The summed E-state index contributed by atoms with van der Waals surface area (Å²) in [6.07, 6.45) is -3.96. The molecule has 0 bridgehead atoms. The highest BCUT2D eigenvalue weighted by molar-refractivity contribution is 7.51. The Bertz CT molecular complexity index is 1420. The second kappa shape index (κ2) is 9.44. The van der Waals surface area contributed by atoms with Crippen molar-refractivity contribution in [1.82, 2.24) is 19.5 Å². The predicted octanol–water partition coefficient (Wildman–Crippen LogP) is 2.43. The molecule has 4 atom stereocenters. The average molecular weight is 520 g/mol. The smallest absolute Gasteiger partial charge is 0.325 e. The number of ether oxygens (including phenoxy) is 1. The first-order valence-corrected chi connectivity index (χ1v) is 13.1. The number of benzene rings is 2. The lowest BCUT2D eigenvalue weighted by Gasteiger charge is -2.17. The van der Waals surface area contributed by atoms with E-state index in [-0.39, 0.29) is 17.4 Å². The highest BCUT2D eigenvalue weighted by Gasteiger charge is 2.44. The van der Waals surface area contributed by atoms with Gasteiger partial charge in [0.15, 0.2) is 23.2 Å². The molecule has 2 aromatic heterocycles. The molecule has 184 valence electrons. The molecule has 13 heteroatoms. The van der Waals surface area contributed by atoms with Crippen LogP contribution < -0.4 is 5.32 Å². The lowest BCUT2D eigenvalue weighted by atomic mass is 10.0. The number of anilines is 1. The molecule has 5 N–H and O–H groups in total. The number of halogens is 1. The Labute approximate surface area is 204 Å². The Morgan fingerprint density at radius 1 is 1.09 bits per heavy atom. The minimum atomic E-state index is -4.28. The lowest BCUT2D eigenvalue weighted by Crippen LogP contribution is -2.31. The third-order valence-electron chi connectivity index (χ3n) is 6.04. The van der Waals surface area contributed by atoms with E-state index in [2.05, 4.69) is 20.3 Å². The molecule has 5 rings (SSSR count). The van der Waals surface area contributed by atoms with E-state index >= 15 is 0 Å². The maximum absolute atomic E-state index is 11.2. The zero-order valence-electron chi connectivity index (χ0n) is 18.3. The van der Waals surface area contributed by atoms with Gasteiger partial charge in [0.25, 0.3) is 0 Å². The Kier molecular flexibility index (Phi) is 6.49. The molecule has 1 saturated heterocycles. The van der Waals surface area contributed by atoms with E-state index in [4.69, 9.17) is 26.1 Å². The number of imidazole rings is 1. The average Bonchev–Trinajstić information content (AvgIpc) is 3.36. The van der Waals surface area contributed by atoms with Crippen molar-refractivity contribution < 1.29 is 29.3 Å². The Balaban J connectivity index is 1.41. The number of nitrogens with zero attached hydrogens (tertiary/aromatic N) is 4. The number of rotatable bonds is 7. The highest BCUT2D eigenvalue weighted by atomic mass is 35.5.